The number of ether oxygens (including phenoxy) is 1. The normalized spacial score (nSPS) is 22.3. The van der Waals surface area contributed by atoms with Gasteiger partial charge in [-0.1, -0.05) is 11.6 Å². The van der Waals surface area contributed by atoms with E-state index >= 15 is 0 Å². The first kappa shape index (κ1) is 12.2. The van der Waals surface area contributed by atoms with E-state index in [1.807, 2.05) is 0 Å². The van der Waals surface area contributed by atoms with Crippen LogP contribution in [-0.2, 0) is 9.53 Å². The van der Waals surface area contributed by atoms with Crippen LogP contribution in [0.15, 0.2) is 12.1 Å². The highest BCUT2D eigenvalue weighted by molar-refractivity contribution is 6.33. The molecule has 92 valence electrons. The Labute approximate surface area is 103 Å². The second-order valence-electron chi connectivity index (χ2n) is 3.99. The van der Waals surface area contributed by atoms with E-state index in [9.17, 15) is 14.3 Å². The Morgan fingerprint density at radius 1 is 1.65 bits per heavy atom. The molecule has 1 N–H and O–H groups in total. The summed E-state index contributed by atoms with van der Waals surface area (Å²) in [6, 6.07) is 2.35. The van der Waals surface area contributed by atoms with Gasteiger partial charge in [0.05, 0.1) is 17.5 Å². The van der Waals surface area contributed by atoms with Crippen molar-refractivity contribution in [3.8, 4) is 5.75 Å². The zero-order valence-corrected chi connectivity index (χ0v) is 10.00. The standard InChI is InChI=1S/C12H12ClFO3/c1-2-17-12(16)7-5-6(7)10-8(14)3-4-9(15)11(10)13/h3-4,6-7,15H,2,5H2,1H3/t6-,7+/m0/s1. The van der Waals surface area contributed by atoms with Crippen LogP contribution in [0, 0.1) is 11.7 Å². The topological polar surface area (TPSA) is 46.5 Å². The molecule has 1 aromatic carbocycles. The van der Waals surface area contributed by atoms with Crippen LogP contribution >= 0.6 is 11.6 Å². The number of hydrogen-bond donors (Lipinski definition) is 1. The molecule has 0 unspecified atom stereocenters. The van der Waals surface area contributed by atoms with Crippen LogP contribution in [-0.4, -0.2) is 17.7 Å². The molecule has 0 saturated heterocycles. The molecule has 1 aliphatic rings. The Hall–Kier alpha value is -1.29. The summed E-state index contributed by atoms with van der Waals surface area (Å²) in [5.41, 5.74) is 0.213. The van der Waals surface area contributed by atoms with Crippen molar-refractivity contribution < 1.29 is 19.0 Å². The highest BCUT2D eigenvalue weighted by atomic mass is 35.5. The van der Waals surface area contributed by atoms with Gasteiger partial charge in [-0.25, -0.2) is 4.39 Å². The highest BCUT2D eigenvalue weighted by Crippen LogP contribution is 2.52. The number of aromatic hydroxyl groups is 1. The molecule has 0 amide bonds. The molecule has 3 nitrogen and oxygen atoms in total. The lowest BCUT2D eigenvalue weighted by atomic mass is 10.1. The van der Waals surface area contributed by atoms with Gasteiger partial charge in [0.25, 0.3) is 0 Å². The van der Waals surface area contributed by atoms with E-state index in [4.69, 9.17) is 16.3 Å². The van der Waals surface area contributed by atoms with E-state index in [0.29, 0.717) is 13.0 Å². The van der Waals surface area contributed by atoms with Gasteiger partial charge in [0.2, 0.25) is 0 Å². The molecule has 0 radical (unpaired) electrons. The molecule has 0 heterocycles. The summed E-state index contributed by atoms with van der Waals surface area (Å²) in [4.78, 5) is 11.4. The summed E-state index contributed by atoms with van der Waals surface area (Å²) < 4.78 is 18.5. The molecule has 2 rings (SSSR count). The predicted octanol–water partition coefficient (Wildman–Crippen LogP) is 2.85. The van der Waals surface area contributed by atoms with Crippen molar-refractivity contribution in [2.45, 2.75) is 19.3 Å². The number of halogens is 2. The van der Waals surface area contributed by atoms with Crippen molar-refractivity contribution in [3.63, 3.8) is 0 Å². The summed E-state index contributed by atoms with van der Waals surface area (Å²) in [6.45, 7) is 2.02. The number of phenolic OH excluding ortho intramolecular Hbond substituents is 1. The summed E-state index contributed by atoms with van der Waals surface area (Å²) in [6.07, 6.45) is 0.513. The Kier molecular flexibility index (Phi) is 3.24. The number of phenols is 1. The minimum atomic E-state index is -0.496. The number of hydrogen-bond acceptors (Lipinski definition) is 3. The molecule has 1 saturated carbocycles. The van der Waals surface area contributed by atoms with Crippen molar-refractivity contribution in [1.82, 2.24) is 0 Å². The third-order valence-corrected chi connectivity index (χ3v) is 3.25. The van der Waals surface area contributed by atoms with E-state index in [-0.39, 0.29) is 34.1 Å². The largest absolute Gasteiger partial charge is 0.506 e. The Morgan fingerprint density at radius 2 is 2.35 bits per heavy atom. The molecule has 1 fully saturated rings. The number of esters is 1. The molecular formula is C12H12ClFO3. The quantitative estimate of drug-likeness (QED) is 0.848. The first-order valence-corrected chi connectivity index (χ1v) is 5.77. The van der Waals surface area contributed by atoms with Gasteiger partial charge in [0, 0.05) is 11.5 Å². The number of rotatable bonds is 3. The van der Waals surface area contributed by atoms with Crippen molar-refractivity contribution in [3.05, 3.63) is 28.5 Å². The average Bonchev–Trinajstić information content (AvgIpc) is 3.05. The molecule has 1 aromatic rings. The van der Waals surface area contributed by atoms with E-state index in [1.54, 1.807) is 6.92 Å². The molecular weight excluding hydrogens is 247 g/mol. The fraction of sp³-hybridized carbons (Fsp3) is 0.417. The van der Waals surface area contributed by atoms with Crippen LogP contribution < -0.4 is 0 Å². The predicted molar refractivity (Wildman–Crippen MR) is 60.6 cm³/mol. The molecule has 5 heteroatoms. The number of carbonyl (C=O) groups excluding carboxylic acids is 1. The first-order valence-electron chi connectivity index (χ1n) is 5.39. The SMILES string of the molecule is CCOC(=O)[C@@H]1C[C@@H]1c1c(F)ccc(O)c1Cl. The van der Waals surface area contributed by atoms with Gasteiger partial charge in [-0.05, 0) is 25.5 Å². The monoisotopic (exact) mass is 258 g/mol. The summed E-state index contributed by atoms with van der Waals surface area (Å²) in [5, 5.41) is 9.40. The smallest absolute Gasteiger partial charge is 0.309 e. The van der Waals surface area contributed by atoms with E-state index < -0.39 is 5.82 Å². The first-order chi connectivity index (χ1) is 8.06. The lowest BCUT2D eigenvalue weighted by Crippen LogP contribution is -2.07. The van der Waals surface area contributed by atoms with Gasteiger partial charge in [0.1, 0.15) is 11.6 Å². The van der Waals surface area contributed by atoms with Crippen LogP contribution in [0.4, 0.5) is 4.39 Å². The fourth-order valence-electron chi connectivity index (χ4n) is 1.92. The Morgan fingerprint density at radius 3 is 3.00 bits per heavy atom. The summed E-state index contributed by atoms with van der Waals surface area (Å²) in [7, 11) is 0. The lowest BCUT2D eigenvalue weighted by Gasteiger charge is -2.07. The van der Waals surface area contributed by atoms with Gasteiger partial charge in [-0.2, -0.15) is 0 Å². The van der Waals surface area contributed by atoms with Crippen molar-refractivity contribution >= 4 is 17.6 Å². The van der Waals surface area contributed by atoms with E-state index in [1.165, 1.54) is 6.07 Å². The maximum Gasteiger partial charge on any atom is 0.309 e. The molecule has 0 spiro atoms. The minimum Gasteiger partial charge on any atom is -0.506 e. The Balaban J connectivity index is 2.21. The molecule has 0 aliphatic heterocycles. The van der Waals surface area contributed by atoms with Crippen LogP contribution in [0.5, 0.6) is 5.75 Å². The highest BCUT2D eigenvalue weighted by Gasteiger charge is 2.47. The molecule has 2 atom stereocenters. The lowest BCUT2D eigenvalue weighted by molar-refractivity contribution is -0.144. The van der Waals surface area contributed by atoms with Gasteiger partial charge in [-0.15, -0.1) is 0 Å². The molecule has 0 bridgehead atoms. The molecule has 17 heavy (non-hydrogen) atoms. The van der Waals surface area contributed by atoms with Crippen LogP contribution in [0.3, 0.4) is 0 Å². The minimum absolute atomic E-state index is 0.0122. The van der Waals surface area contributed by atoms with E-state index in [2.05, 4.69) is 0 Å². The van der Waals surface area contributed by atoms with Gasteiger partial charge >= 0.3 is 5.97 Å². The maximum atomic E-state index is 13.6. The number of benzene rings is 1. The van der Waals surface area contributed by atoms with E-state index in [0.717, 1.165) is 6.07 Å². The molecule has 0 aromatic heterocycles. The van der Waals surface area contributed by atoms with Gasteiger partial charge < -0.3 is 9.84 Å². The second kappa shape index (κ2) is 4.53. The zero-order valence-electron chi connectivity index (χ0n) is 9.24. The van der Waals surface area contributed by atoms with Gasteiger partial charge in [-0.3, -0.25) is 4.79 Å². The van der Waals surface area contributed by atoms with Gasteiger partial charge in [0.15, 0.2) is 0 Å². The summed E-state index contributed by atoms with van der Waals surface area (Å²) >= 11 is 5.84. The maximum absolute atomic E-state index is 13.6. The van der Waals surface area contributed by atoms with Crippen LogP contribution in [0.25, 0.3) is 0 Å². The Bertz CT molecular complexity index is 461. The summed E-state index contributed by atoms with van der Waals surface area (Å²) in [5.74, 6) is -1.63. The third kappa shape index (κ3) is 2.22. The fourth-order valence-corrected chi connectivity index (χ4v) is 2.21. The zero-order chi connectivity index (χ0) is 12.6. The van der Waals surface area contributed by atoms with Crippen molar-refractivity contribution in [2.24, 2.45) is 5.92 Å². The van der Waals surface area contributed by atoms with Crippen LogP contribution in [0.1, 0.15) is 24.8 Å². The van der Waals surface area contributed by atoms with Crippen LogP contribution in [0.2, 0.25) is 5.02 Å². The third-order valence-electron chi connectivity index (χ3n) is 2.86. The number of carbonyl (C=O) groups is 1. The van der Waals surface area contributed by atoms with Crippen molar-refractivity contribution in [1.29, 1.82) is 0 Å². The molecule has 1 aliphatic carbocycles. The average molecular weight is 259 g/mol. The van der Waals surface area contributed by atoms with Crippen molar-refractivity contribution in [2.75, 3.05) is 6.61 Å². The second-order valence-corrected chi connectivity index (χ2v) is 4.37.